The minimum absolute atomic E-state index is 0.794. The molecule has 1 aliphatic rings. The van der Waals surface area contributed by atoms with E-state index in [9.17, 15) is 0 Å². The molecular formula is C16H24N2. The quantitative estimate of drug-likeness (QED) is 0.810. The highest BCUT2D eigenvalue weighted by molar-refractivity contribution is 5.59. The molecule has 18 heavy (non-hydrogen) atoms. The van der Waals surface area contributed by atoms with E-state index in [-0.39, 0.29) is 0 Å². The van der Waals surface area contributed by atoms with Crippen LogP contribution in [0.1, 0.15) is 24.8 Å². The van der Waals surface area contributed by atoms with E-state index in [1.807, 2.05) is 0 Å². The van der Waals surface area contributed by atoms with E-state index in [2.05, 4.69) is 61.6 Å². The van der Waals surface area contributed by atoms with Crippen LogP contribution in [0.5, 0.6) is 0 Å². The summed E-state index contributed by atoms with van der Waals surface area (Å²) < 4.78 is 0. The number of hydrogen-bond acceptors (Lipinski definition) is 2. The summed E-state index contributed by atoms with van der Waals surface area (Å²) >= 11 is 0. The van der Waals surface area contributed by atoms with Crippen LogP contribution in [-0.2, 0) is 0 Å². The molecule has 2 heteroatoms. The molecule has 1 N–H and O–H groups in total. The molecule has 0 spiro atoms. The van der Waals surface area contributed by atoms with Crippen LogP contribution in [0, 0.1) is 12.8 Å². The van der Waals surface area contributed by atoms with Crippen LogP contribution in [0.2, 0.25) is 0 Å². The first-order valence-corrected chi connectivity index (χ1v) is 6.83. The Bertz CT molecular complexity index is 421. The highest BCUT2D eigenvalue weighted by atomic mass is 15.1. The van der Waals surface area contributed by atoms with Gasteiger partial charge in [-0.2, -0.15) is 0 Å². The minimum Gasteiger partial charge on any atom is -0.385 e. The molecule has 1 aliphatic carbocycles. The molecule has 0 saturated heterocycles. The number of rotatable bonds is 4. The summed E-state index contributed by atoms with van der Waals surface area (Å²) in [5, 5.41) is 3.60. The van der Waals surface area contributed by atoms with Crippen molar-refractivity contribution in [2.75, 3.05) is 30.9 Å². The summed E-state index contributed by atoms with van der Waals surface area (Å²) in [7, 11) is 4.16. The van der Waals surface area contributed by atoms with Gasteiger partial charge in [0.05, 0.1) is 0 Å². The van der Waals surface area contributed by atoms with Gasteiger partial charge < -0.3 is 10.2 Å². The molecule has 1 aromatic rings. The van der Waals surface area contributed by atoms with Gasteiger partial charge in [-0.25, -0.2) is 0 Å². The Kier molecular flexibility index (Phi) is 4.29. The van der Waals surface area contributed by atoms with Crippen LogP contribution in [0.25, 0.3) is 0 Å². The first-order chi connectivity index (χ1) is 8.66. The average Bonchev–Trinajstić information content (AvgIpc) is 2.38. The second kappa shape index (κ2) is 5.94. The molecule has 0 heterocycles. The van der Waals surface area contributed by atoms with Gasteiger partial charge in [-0.1, -0.05) is 12.2 Å². The van der Waals surface area contributed by atoms with E-state index in [1.165, 1.54) is 36.2 Å². The van der Waals surface area contributed by atoms with Crippen molar-refractivity contribution in [2.24, 2.45) is 5.92 Å². The van der Waals surface area contributed by atoms with Crippen molar-refractivity contribution in [3.05, 3.63) is 35.9 Å². The zero-order chi connectivity index (χ0) is 13.0. The zero-order valence-corrected chi connectivity index (χ0v) is 11.7. The molecule has 0 amide bonds. The molecule has 1 aromatic carbocycles. The fourth-order valence-electron chi connectivity index (χ4n) is 2.42. The molecule has 1 unspecified atom stereocenters. The van der Waals surface area contributed by atoms with Crippen molar-refractivity contribution in [3.8, 4) is 0 Å². The van der Waals surface area contributed by atoms with Crippen LogP contribution in [-0.4, -0.2) is 20.6 Å². The van der Waals surface area contributed by atoms with Gasteiger partial charge in [0.25, 0.3) is 0 Å². The fourth-order valence-corrected chi connectivity index (χ4v) is 2.42. The zero-order valence-electron chi connectivity index (χ0n) is 11.7. The molecule has 0 aromatic heterocycles. The molecule has 98 valence electrons. The predicted molar refractivity (Wildman–Crippen MR) is 80.5 cm³/mol. The number of hydrogen-bond donors (Lipinski definition) is 1. The minimum atomic E-state index is 0.794. The third-order valence-corrected chi connectivity index (χ3v) is 3.69. The maximum absolute atomic E-state index is 3.60. The second-order valence-electron chi connectivity index (χ2n) is 5.43. The predicted octanol–water partition coefficient (Wildman–Crippen LogP) is 3.83. The molecule has 2 rings (SSSR count). The first-order valence-electron chi connectivity index (χ1n) is 6.83. The van der Waals surface area contributed by atoms with Crippen LogP contribution >= 0.6 is 0 Å². The number of anilines is 2. The molecule has 0 radical (unpaired) electrons. The Morgan fingerprint density at radius 3 is 2.72 bits per heavy atom. The Labute approximate surface area is 111 Å². The monoisotopic (exact) mass is 244 g/mol. The summed E-state index contributed by atoms with van der Waals surface area (Å²) in [5.41, 5.74) is 3.86. The molecular weight excluding hydrogens is 220 g/mol. The maximum atomic E-state index is 3.60. The summed E-state index contributed by atoms with van der Waals surface area (Å²) in [4.78, 5) is 2.14. The van der Waals surface area contributed by atoms with Gasteiger partial charge in [0.2, 0.25) is 0 Å². The van der Waals surface area contributed by atoms with Gasteiger partial charge in [-0.05, 0) is 55.9 Å². The van der Waals surface area contributed by atoms with Crippen molar-refractivity contribution < 1.29 is 0 Å². The van der Waals surface area contributed by atoms with Crippen LogP contribution in [0.15, 0.2) is 30.4 Å². The third kappa shape index (κ3) is 3.28. The largest absolute Gasteiger partial charge is 0.385 e. The Hall–Kier alpha value is -1.44. The Morgan fingerprint density at radius 2 is 2.11 bits per heavy atom. The SMILES string of the molecule is Cc1cc(N(C)C)ccc1NCC1CC=CCC1. The van der Waals surface area contributed by atoms with Crippen LogP contribution < -0.4 is 10.2 Å². The van der Waals surface area contributed by atoms with Crippen LogP contribution in [0.4, 0.5) is 11.4 Å². The summed E-state index contributed by atoms with van der Waals surface area (Å²) in [5.74, 6) is 0.794. The Morgan fingerprint density at radius 1 is 1.28 bits per heavy atom. The number of nitrogens with zero attached hydrogens (tertiary/aromatic N) is 1. The highest BCUT2D eigenvalue weighted by Crippen LogP contribution is 2.23. The summed E-state index contributed by atoms with van der Waals surface area (Å²) in [6.07, 6.45) is 8.40. The normalized spacial score (nSPS) is 18.7. The van der Waals surface area contributed by atoms with E-state index in [1.54, 1.807) is 0 Å². The number of benzene rings is 1. The van der Waals surface area contributed by atoms with Crippen molar-refractivity contribution in [3.63, 3.8) is 0 Å². The molecule has 1 atom stereocenters. The van der Waals surface area contributed by atoms with E-state index >= 15 is 0 Å². The standard InChI is InChI=1S/C16H24N2/c1-13-11-15(18(2)3)9-10-16(13)17-12-14-7-5-4-6-8-14/h4-5,9-11,14,17H,6-8,12H2,1-3H3. The topological polar surface area (TPSA) is 15.3 Å². The smallest absolute Gasteiger partial charge is 0.0371 e. The van der Waals surface area contributed by atoms with Crippen molar-refractivity contribution >= 4 is 11.4 Å². The van der Waals surface area contributed by atoms with Gasteiger partial charge in [0, 0.05) is 32.0 Å². The van der Waals surface area contributed by atoms with Gasteiger partial charge >= 0.3 is 0 Å². The lowest BCUT2D eigenvalue weighted by Crippen LogP contribution is -2.16. The van der Waals surface area contributed by atoms with E-state index < -0.39 is 0 Å². The number of allylic oxidation sites excluding steroid dienone is 2. The van der Waals surface area contributed by atoms with Crippen LogP contribution in [0.3, 0.4) is 0 Å². The second-order valence-corrected chi connectivity index (χ2v) is 5.43. The molecule has 0 saturated carbocycles. The third-order valence-electron chi connectivity index (χ3n) is 3.69. The molecule has 0 fully saturated rings. The lowest BCUT2D eigenvalue weighted by Gasteiger charge is -2.20. The molecule has 0 bridgehead atoms. The van der Waals surface area contributed by atoms with E-state index in [0.717, 1.165) is 12.5 Å². The van der Waals surface area contributed by atoms with Crippen molar-refractivity contribution in [2.45, 2.75) is 26.2 Å². The first kappa shape index (κ1) is 13.0. The lowest BCUT2D eigenvalue weighted by atomic mass is 9.94. The van der Waals surface area contributed by atoms with Crippen molar-refractivity contribution in [1.82, 2.24) is 0 Å². The average molecular weight is 244 g/mol. The highest BCUT2D eigenvalue weighted by Gasteiger charge is 2.10. The molecule has 2 nitrogen and oxygen atoms in total. The molecule has 0 aliphatic heterocycles. The van der Waals surface area contributed by atoms with Gasteiger partial charge in [-0.3, -0.25) is 0 Å². The van der Waals surface area contributed by atoms with E-state index in [4.69, 9.17) is 0 Å². The van der Waals surface area contributed by atoms with Gasteiger partial charge in [-0.15, -0.1) is 0 Å². The van der Waals surface area contributed by atoms with Gasteiger partial charge in [0.15, 0.2) is 0 Å². The number of aryl methyl sites for hydroxylation is 1. The lowest BCUT2D eigenvalue weighted by molar-refractivity contribution is 0.504. The Balaban J connectivity index is 1.95. The summed E-state index contributed by atoms with van der Waals surface area (Å²) in [6.45, 7) is 3.27. The van der Waals surface area contributed by atoms with Gasteiger partial charge in [0.1, 0.15) is 0 Å². The van der Waals surface area contributed by atoms with E-state index in [0.29, 0.717) is 0 Å². The summed E-state index contributed by atoms with van der Waals surface area (Å²) in [6, 6.07) is 6.61. The van der Waals surface area contributed by atoms with Crippen molar-refractivity contribution in [1.29, 1.82) is 0 Å². The number of nitrogens with one attached hydrogen (secondary N) is 1. The fraction of sp³-hybridized carbons (Fsp3) is 0.500. The maximum Gasteiger partial charge on any atom is 0.0371 e.